The topological polar surface area (TPSA) is 77.1 Å². The third-order valence-electron chi connectivity index (χ3n) is 6.75. The number of nitrogens with one attached hydrogen (secondary N) is 1. The molecule has 1 unspecified atom stereocenters. The highest BCUT2D eigenvalue weighted by Crippen LogP contribution is 3.02. The molecule has 0 radical (unpaired) electrons. The highest BCUT2D eigenvalue weighted by molar-refractivity contribution is 8.45. The molecule has 1 amide bonds. The molecule has 0 saturated carbocycles. The summed E-state index contributed by atoms with van der Waals surface area (Å²) < 4.78 is 84.7. The van der Waals surface area contributed by atoms with Gasteiger partial charge in [0.2, 0.25) is 0 Å². The summed E-state index contributed by atoms with van der Waals surface area (Å²) in [7, 11) is -8.56. The summed E-state index contributed by atoms with van der Waals surface area (Å²) in [5.41, 5.74) is 0.292. The van der Waals surface area contributed by atoms with Crippen LogP contribution < -0.4 is 19.7 Å². The van der Waals surface area contributed by atoms with Gasteiger partial charge >= 0.3 is 16.2 Å². The summed E-state index contributed by atoms with van der Waals surface area (Å²) in [5.74, 6) is -0.301. The highest BCUT2D eigenvalue weighted by Gasteiger charge is 2.65. The predicted molar refractivity (Wildman–Crippen MR) is 165 cm³/mol. The first-order valence-corrected chi connectivity index (χ1v) is 16.3. The van der Waals surface area contributed by atoms with Gasteiger partial charge in [-0.25, -0.2) is 0 Å². The van der Waals surface area contributed by atoms with Crippen LogP contribution in [0.25, 0.3) is 0 Å². The van der Waals surface area contributed by atoms with Crippen LogP contribution in [-0.4, -0.2) is 37.7 Å². The van der Waals surface area contributed by atoms with Crippen LogP contribution >= 0.6 is 21.8 Å². The number of fused-ring (bicyclic) bond motifs is 1. The number of hydrogen-bond acceptors (Lipinski definition) is 6. The molecule has 1 N–H and O–H groups in total. The van der Waals surface area contributed by atoms with E-state index in [2.05, 4.69) is 5.32 Å². The number of methoxy groups -OCH3 is 1. The van der Waals surface area contributed by atoms with Gasteiger partial charge in [-0.2, -0.15) is 0 Å². The third-order valence-corrected chi connectivity index (χ3v) is 8.15. The van der Waals surface area contributed by atoms with Crippen molar-refractivity contribution in [2.24, 2.45) is 0 Å². The molecule has 45 heavy (non-hydrogen) atoms. The smallest absolute Gasteiger partial charge is 0.310 e. The van der Waals surface area contributed by atoms with Crippen molar-refractivity contribution in [3.05, 3.63) is 76.8 Å². The summed E-state index contributed by atoms with van der Waals surface area (Å²) >= 11 is 6.06. The highest BCUT2D eigenvalue weighted by atomic mass is 35.5. The largest absolute Gasteiger partial charge is 0.497 e. The van der Waals surface area contributed by atoms with E-state index < -0.39 is 32.7 Å². The number of anilines is 2. The van der Waals surface area contributed by atoms with Crippen molar-refractivity contribution in [1.82, 2.24) is 0 Å². The van der Waals surface area contributed by atoms with E-state index >= 15 is 0 Å². The Morgan fingerprint density at radius 1 is 0.978 bits per heavy atom. The Morgan fingerprint density at radius 3 is 2.27 bits per heavy atom. The second-order valence-corrected chi connectivity index (χ2v) is 14.4. The number of carbonyl (C=O) groups excluding carboxylic acids is 2. The fourth-order valence-electron chi connectivity index (χ4n) is 4.75. The summed E-state index contributed by atoms with van der Waals surface area (Å²) in [6, 6.07) is 11.6. The van der Waals surface area contributed by atoms with Crippen molar-refractivity contribution in [3.63, 3.8) is 0 Å². The van der Waals surface area contributed by atoms with Crippen LogP contribution in [0.3, 0.4) is 0 Å². The number of rotatable bonds is 11. The standard InChI is InChI=1S/C31H34ClF5N2O5S/c1-31(2,3)44-28(40)6-5-15-43-25-17-23(16-24(18-25)42-4)38-29(21-7-10-22(32)11-8-21)30(41)39-14-13-20-9-12-26(19-27(20)39)45(33,34,35,36)37/h7-12,16-19,29,38H,5-6,13-15H2,1-4H3. The Kier molecular flexibility index (Phi) is 9.04. The zero-order valence-corrected chi connectivity index (χ0v) is 26.6. The van der Waals surface area contributed by atoms with Gasteiger partial charge < -0.3 is 24.4 Å². The minimum atomic E-state index is -9.99. The summed E-state index contributed by atoms with van der Waals surface area (Å²) in [5, 5.41) is 3.49. The Labute approximate surface area is 263 Å². The van der Waals surface area contributed by atoms with Crippen molar-refractivity contribution in [1.29, 1.82) is 0 Å². The molecule has 0 saturated heterocycles. The number of esters is 1. The normalized spacial score (nSPS) is 15.4. The van der Waals surface area contributed by atoms with E-state index in [0.717, 1.165) is 11.0 Å². The van der Waals surface area contributed by atoms with E-state index in [9.17, 15) is 29.0 Å². The third kappa shape index (κ3) is 9.16. The first kappa shape index (κ1) is 34.2. The van der Waals surface area contributed by atoms with E-state index in [0.29, 0.717) is 51.9 Å². The predicted octanol–water partition coefficient (Wildman–Crippen LogP) is 9.25. The maximum absolute atomic E-state index is 14.0. The SMILES string of the molecule is COc1cc(NC(C(=O)N2CCc3ccc(S(F)(F)(F)(F)F)cc32)c2ccc(Cl)cc2)cc(OCCCC(=O)OC(C)(C)C)c1. The number of hydrogen-bond donors (Lipinski definition) is 1. The van der Waals surface area contributed by atoms with Gasteiger partial charge in [0.25, 0.3) is 5.91 Å². The van der Waals surface area contributed by atoms with Gasteiger partial charge in [0.1, 0.15) is 28.0 Å². The molecule has 0 aliphatic carbocycles. The van der Waals surface area contributed by atoms with Crippen LogP contribution in [0, 0.1) is 0 Å². The van der Waals surface area contributed by atoms with E-state index in [1.807, 2.05) is 0 Å². The lowest BCUT2D eigenvalue weighted by Gasteiger charge is -2.41. The number of carbonyl (C=O) groups is 2. The number of halogens is 6. The first-order chi connectivity index (χ1) is 20.7. The van der Waals surface area contributed by atoms with Crippen LogP contribution in [-0.2, 0) is 20.7 Å². The Balaban J connectivity index is 1.60. The number of nitrogens with zero attached hydrogens (tertiary/aromatic N) is 1. The molecule has 14 heteroatoms. The molecule has 1 aliphatic heterocycles. The number of ether oxygens (including phenoxy) is 3. The molecule has 0 aromatic heterocycles. The second-order valence-electron chi connectivity index (χ2n) is 11.6. The average Bonchev–Trinajstić information content (AvgIpc) is 3.36. The molecule has 3 aromatic carbocycles. The monoisotopic (exact) mass is 676 g/mol. The molecule has 1 atom stereocenters. The van der Waals surface area contributed by atoms with Gasteiger partial charge in [-0.15, -0.1) is 0 Å². The van der Waals surface area contributed by atoms with Crippen molar-refractivity contribution >= 4 is 45.1 Å². The maximum atomic E-state index is 14.0. The Bertz CT molecular complexity index is 1580. The molecular weight excluding hydrogens is 643 g/mol. The van der Waals surface area contributed by atoms with E-state index in [1.165, 1.54) is 7.11 Å². The summed E-state index contributed by atoms with van der Waals surface area (Å²) in [6.07, 6.45) is 0.700. The summed E-state index contributed by atoms with van der Waals surface area (Å²) in [6.45, 7) is 5.49. The summed E-state index contributed by atoms with van der Waals surface area (Å²) in [4.78, 5) is 25.0. The van der Waals surface area contributed by atoms with Gasteiger partial charge in [0.05, 0.1) is 13.7 Å². The molecule has 0 spiro atoms. The van der Waals surface area contributed by atoms with Gasteiger partial charge in [0, 0.05) is 47.6 Å². The van der Waals surface area contributed by atoms with Gasteiger partial charge in [-0.05, 0) is 69.0 Å². The van der Waals surface area contributed by atoms with Gasteiger partial charge in [-0.1, -0.05) is 49.2 Å². The quantitative estimate of drug-likeness (QED) is 0.124. The number of amides is 1. The van der Waals surface area contributed by atoms with Crippen LogP contribution in [0.15, 0.2) is 65.6 Å². The zero-order valence-electron chi connectivity index (χ0n) is 25.1. The minimum Gasteiger partial charge on any atom is -0.497 e. The van der Waals surface area contributed by atoms with E-state index in [1.54, 1.807) is 63.2 Å². The number of benzene rings is 3. The van der Waals surface area contributed by atoms with Crippen LogP contribution in [0.5, 0.6) is 11.5 Å². The first-order valence-electron chi connectivity index (χ1n) is 14.0. The molecule has 1 aliphatic rings. The van der Waals surface area contributed by atoms with E-state index in [-0.39, 0.29) is 37.6 Å². The van der Waals surface area contributed by atoms with Crippen LogP contribution in [0.2, 0.25) is 5.02 Å². The fraction of sp³-hybridized carbons (Fsp3) is 0.355. The fourth-order valence-corrected chi connectivity index (χ4v) is 5.53. The molecule has 246 valence electrons. The van der Waals surface area contributed by atoms with Gasteiger partial charge in [-0.3, -0.25) is 9.59 Å². The Morgan fingerprint density at radius 2 is 1.64 bits per heavy atom. The second kappa shape index (κ2) is 11.9. The zero-order chi connectivity index (χ0) is 33.3. The lowest BCUT2D eigenvalue weighted by molar-refractivity contribution is -0.155. The maximum Gasteiger partial charge on any atom is 0.310 e. The average molecular weight is 677 g/mol. The molecule has 0 fully saturated rings. The lowest BCUT2D eigenvalue weighted by atomic mass is 10.0. The lowest BCUT2D eigenvalue weighted by Crippen LogP contribution is -2.37. The van der Waals surface area contributed by atoms with Crippen molar-refractivity contribution in [2.75, 3.05) is 30.5 Å². The van der Waals surface area contributed by atoms with Crippen LogP contribution in [0.1, 0.15) is 50.8 Å². The molecule has 0 bridgehead atoms. The van der Waals surface area contributed by atoms with E-state index in [4.69, 9.17) is 25.8 Å². The molecule has 1 heterocycles. The van der Waals surface area contributed by atoms with Gasteiger partial charge in [0.15, 0.2) is 0 Å². The molecule has 4 rings (SSSR count). The minimum absolute atomic E-state index is 0.00612. The molecule has 7 nitrogen and oxygen atoms in total. The molecule has 3 aromatic rings. The Hall–Kier alpha value is -3.71. The molecular formula is C31H34ClF5N2O5S. The van der Waals surface area contributed by atoms with Crippen molar-refractivity contribution in [3.8, 4) is 11.5 Å². The van der Waals surface area contributed by atoms with Crippen molar-refractivity contribution in [2.45, 2.75) is 56.6 Å². The van der Waals surface area contributed by atoms with Crippen molar-refractivity contribution < 1.29 is 43.2 Å². The van der Waals surface area contributed by atoms with Crippen LogP contribution in [0.4, 0.5) is 30.8 Å².